The number of carbonyl (C=O) groups excluding carboxylic acids is 2. The van der Waals surface area contributed by atoms with Crippen LogP contribution in [0.2, 0.25) is 0 Å². The quantitative estimate of drug-likeness (QED) is 0.0920. The number of aryl methyl sites for hydroxylation is 1. The lowest BCUT2D eigenvalue weighted by Crippen LogP contribution is -2.19. The zero-order chi connectivity index (χ0) is 40.1. The summed E-state index contributed by atoms with van der Waals surface area (Å²) in [6.07, 6.45) is 8.65. The van der Waals surface area contributed by atoms with Crippen molar-refractivity contribution in [3.63, 3.8) is 0 Å². The van der Waals surface area contributed by atoms with Crippen molar-refractivity contribution in [3.05, 3.63) is 198 Å². The first-order valence-corrected chi connectivity index (χ1v) is 18.5. The fourth-order valence-electron chi connectivity index (χ4n) is 6.16. The van der Waals surface area contributed by atoms with Crippen LogP contribution in [0, 0.1) is 6.92 Å². The van der Waals surface area contributed by atoms with Crippen LogP contribution in [-0.4, -0.2) is 48.6 Å². The molecular formula is C46H40N8O4. The van der Waals surface area contributed by atoms with E-state index < -0.39 is 11.9 Å². The molecule has 0 aliphatic rings. The molecule has 0 bridgehead atoms. The Kier molecular flexibility index (Phi) is 12.5. The van der Waals surface area contributed by atoms with Gasteiger partial charge in [0, 0.05) is 59.8 Å². The fraction of sp³-hybridized carbons (Fsp3) is 0.0870. The standard InChI is InChI=1S/C24H22N4O2.C22H18N4O2/c1-17-22(21(13-14-25-17)24(29)30-2)26-15-19-16-28(20-11-7-4-8-12-20)27-23(19)18-9-5-3-6-10-18;27-22(18-11-13-23-14-12-18)28-24-15-19-16-26(20-9-5-2-6-10-20)25-21(19)17-7-3-1-4-8-17/h3-14,16,26H,15H2,1-2H3;1-14,16,24H,15H2. The van der Waals surface area contributed by atoms with Crippen LogP contribution in [-0.2, 0) is 22.7 Å². The molecule has 0 atom stereocenters. The molecule has 0 fully saturated rings. The third kappa shape index (κ3) is 9.39. The predicted molar refractivity (Wildman–Crippen MR) is 222 cm³/mol. The number of anilines is 1. The van der Waals surface area contributed by atoms with Crippen LogP contribution >= 0.6 is 0 Å². The van der Waals surface area contributed by atoms with Gasteiger partial charge in [0.1, 0.15) is 0 Å². The summed E-state index contributed by atoms with van der Waals surface area (Å²) in [5.41, 5.74) is 12.6. The van der Waals surface area contributed by atoms with Gasteiger partial charge in [-0.2, -0.15) is 10.2 Å². The Bertz CT molecular complexity index is 2560. The van der Waals surface area contributed by atoms with Gasteiger partial charge in [-0.1, -0.05) is 97.1 Å². The van der Waals surface area contributed by atoms with Crippen LogP contribution in [0.3, 0.4) is 0 Å². The van der Waals surface area contributed by atoms with Gasteiger partial charge < -0.3 is 14.9 Å². The van der Waals surface area contributed by atoms with Gasteiger partial charge in [-0.25, -0.2) is 19.0 Å². The third-order valence-electron chi connectivity index (χ3n) is 9.06. The number of para-hydroxylation sites is 2. The van der Waals surface area contributed by atoms with Gasteiger partial charge in [0.2, 0.25) is 0 Å². The first kappa shape index (κ1) is 38.6. The van der Waals surface area contributed by atoms with Gasteiger partial charge in [0.25, 0.3) is 0 Å². The van der Waals surface area contributed by atoms with Crippen molar-refractivity contribution in [2.75, 3.05) is 12.4 Å². The fourth-order valence-corrected chi connectivity index (χ4v) is 6.16. The maximum absolute atomic E-state index is 12.2. The highest BCUT2D eigenvalue weighted by Gasteiger charge is 2.18. The van der Waals surface area contributed by atoms with Crippen LogP contribution in [0.4, 0.5) is 5.69 Å². The lowest BCUT2D eigenvalue weighted by molar-refractivity contribution is 0.0237. The Morgan fingerprint density at radius 3 is 1.62 bits per heavy atom. The SMILES string of the molecule is COC(=O)c1ccnc(C)c1NCc1cn(-c2ccccc2)nc1-c1ccccc1.O=C(ONCc1cn(-c2ccccc2)nc1-c1ccccc1)c1ccncc1. The third-order valence-corrected chi connectivity index (χ3v) is 9.06. The Balaban J connectivity index is 0.000000177. The predicted octanol–water partition coefficient (Wildman–Crippen LogP) is 8.44. The molecule has 12 heteroatoms. The van der Waals surface area contributed by atoms with Gasteiger partial charge >= 0.3 is 11.9 Å². The summed E-state index contributed by atoms with van der Waals surface area (Å²) in [5.74, 6) is -0.856. The number of nitrogens with one attached hydrogen (secondary N) is 2. The van der Waals surface area contributed by atoms with Crippen LogP contribution in [0.1, 0.15) is 37.5 Å². The van der Waals surface area contributed by atoms with E-state index in [1.54, 1.807) is 36.8 Å². The Labute approximate surface area is 335 Å². The smallest absolute Gasteiger partial charge is 0.356 e. The molecule has 58 heavy (non-hydrogen) atoms. The highest BCUT2D eigenvalue weighted by atomic mass is 16.7. The first-order valence-electron chi connectivity index (χ1n) is 18.5. The Morgan fingerprint density at radius 2 is 1.10 bits per heavy atom. The molecule has 0 aliphatic heterocycles. The normalized spacial score (nSPS) is 10.6. The molecule has 0 unspecified atom stereocenters. The van der Waals surface area contributed by atoms with E-state index in [4.69, 9.17) is 19.8 Å². The number of benzene rings is 4. The lowest BCUT2D eigenvalue weighted by Gasteiger charge is -2.13. The van der Waals surface area contributed by atoms with Crippen molar-refractivity contribution in [1.82, 2.24) is 35.0 Å². The van der Waals surface area contributed by atoms with E-state index in [2.05, 4.69) is 20.8 Å². The molecule has 2 N–H and O–H groups in total. The zero-order valence-electron chi connectivity index (χ0n) is 31.9. The molecule has 288 valence electrons. The summed E-state index contributed by atoms with van der Waals surface area (Å²) in [6, 6.07) is 44.7. The van der Waals surface area contributed by atoms with Crippen LogP contribution in [0.5, 0.6) is 0 Å². The number of aromatic nitrogens is 6. The maximum atomic E-state index is 12.2. The van der Waals surface area contributed by atoms with E-state index in [0.29, 0.717) is 29.9 Å². The number of methoxy groups -OCH3 is 1. The number of esters is 1. The highest BCUT2D eigenvalue weighted by molar-refractivity contribution is 5.96. The van der Waals surface area contributed by atoms with Crippen molar-refractivity contribution in [1.29, 1.82) is 0 Å². The second-order valence-electron chi connectivity index (χ2n) is 12.9. The number of hydroxylamine groups is 1. The van der Waals surface area contributed by atoms with Gasteiger partial charge in [-0.05, 0) is 49.4 Å². The van der Waals surface area contributed by atoms with E-state index in [1.165, 1.54) is 7.11 Å². The molecule has 4 aromatic heterocycles. The van der Waals surface area contributed by atoms with Crippen molar-refractivity contribution in [2.24, 2.45) is 0 Å². The largest absolute Gasteiger partial charge is 0.465 e. The number of nitrogens with zero attached hydrogens (tertiary/aromatic N) is 6. The molecule has 0 spiro atoms. The minimum atomic E-state index is -0.459. The van der Waals surface area contributed by atoms with Gasteiger partial charge in [0.15, 0.2) is 0 Å². The van der Waals surface area contributed by atoms with E-state index in [1.807, 2.05) is 150 Å². The number of pyridine rings is 2. The molecule has 8 rings (SSSR count). The van der Waals surface area contributed by atoms with Gasteiger partial charge in [0.05, 0.1) is 58.9 Å². The van der Waals surface area contributed by atoms with Crippen LogP contribution in [0.25, 0.3) is 33.9 Å². The molecule has 0 saturated carbocycles. The lowest BCUT2D eigenvalue weighted by atomic mass is 10.1. The number of carbonyl (C=O) groups is 2. The van der Waals surface area contributed by atoms with Gasteiger partial charge in [-0.15, -0.1) is 5.48 Å². The summed E-state index contributed by atoms with van der Waals surface area (Å²) >= 11 is 0. The molecule has 0 saturated heterocycles. The average Bonchev–Trinajstić information content (AvgIpc) is 3.92. The summed E-state index contributed by atoms with van der Waals surface area (Å²) in [5, 5.41) is 12.9. The van der Waals surface area contributed by atoms with E-state index in [-0.39, 0.29) is 0 Å². The highest BCUT2D eigenvalue weighted by Crippen LogP contribution is 2.27. The van der Waals surface area contributed by atoms with E-state index in [9.17, 15) is 9.59 Å². The maximum Gasteiger partial charge on any atom is 0.356 e. The minimum absolute atomic E-state index is 0.327. The average molecular weight is 769 g/mol. The second kappa shape index (κ2) is 18.8. The van der Waals surface area contributed by atoms with Crippen molar-refractivity contribution in [2.45, 2.75) is 20.0 Å². The summed E-state index contributed by atoms with van der Waals surface area (Å²) in [6.45, 7) is 2.67. The minimum Gasteiger partial charge on any atom is -0.465 e. The molecule has 4 heterocycles. The molecular weight excluding hydrogens is 729 g/mol. The summed E-state index contributed by atoms with van der Waals surface area (Å²) in [4.78, 5) is 37.6. The van der Waals surface area contributed by atoms with Crippen molar-refractivity contribution >= 4 is 17.6 Å². The Morgan fingerprint density at radius 1 is 0.603 bits per heavy atom. The first-order chi connectivity index (χ1) is 28.5. The zero-order valence-corrected chi connectivity index (χ0v) is 31.9. The topological polar surface area (TPSA) is 138 Å². The molecule has 0 radical (unpaired) electrons. The molecule has 4 aromatic carbocycles. The molecule has 0 aliphatic carbocycles. The van der Waals surface area contributed by atoms with Crippen molar-refractivity contribution < 1.29 is 19.2 Å². The monoisotopic (exact) mass is 768 g/mol. The Hall–Kier alpha value is -7.70. The molecule has 0 amide bonds. The van der Waals surface area contributed by atoms with E-state index >= 15 is 0 Å². The number of ether oxygens (including phenoxy) is 1. The molecule has 8 aromatic rings. The van der Waals surface area contributed by atoms with Crippen molar-refractivity contribution in [3.8, 4) is 33.9 Å². The van der Waals surface area contributed by atoms with Crippen LogP contribution in [0.15, 0.2) is 171 Å². The molecule has 12 nitrogen and oxygen atoms in total. The number of hydrogen-bond donors (Lipinski definition) is 2. The van der Waals surface area contributed by atoms with Crippen LogP contribution < -0.4 is 10.8 Å². The van der Waals surface area contributed by atoms with E-state index in [0.717, 1.165) is 50.7 Å². The number of hydrogen-bond acceptors (Lipinski definition) is 10. The van der Waals surface area contributed by atoms with Gasteiger partial charge in [-0.3, -0.25) is 9.97 Å². The summed E-state index contributed by atoms with van der Waals surface area (Å²) < 4.78 is 8.61. The summed E-state index contributed by atoms with van der Waals surface area (Å²) in [7, 11) is 1.37. The second-order valence-corrected chi connectivity index (χ2v) is 12.9. The number of rotatable bonds is 12.